The second-order valence-electron chi connectivity index (χ2n) is 6.91. The molecule has 1 aromatic rings. The third-order valence-electron chi connectivity index (χ3n) is 4.38. The fourth-order valence-corrected chi connectivity index (χ4v) is 3.13. The number of para-hydroxylation sites is 2. The van der Waals surface area contributed by atoms with E-state index in [0.29, 0.717) is 6.04 Å². The molecule has 1 aliphatic carbocycles. The van der Waals surface area contributed by atoms with E-state index < -0.39 is 17.7 Å². The summed E-state index contributed by atoms with van der Waals surface area (Å²) in [6.07, 6.45) is 7.44. The van der Waals surface area contributed by atoms with Crippen LogP contribution in [0.15, 0.2) is 36.0 Å². The van der Waals surface area contributed by atoms with Crippen molar-refractivity contribution in [2.75, 3.05) is 10.6 Å². The lowest BCUT2D eigenvalue weighted by atomic mass is 9.95. The van der Waals surface area contributed by atoms with Crippen molar-refractivity contribution in [3.05, 3.63) is 36.0 Å². The summed E-state index contributed by atoms with van der Waals surface area (Å²) in [5.41, 5.74) is 1.60. The summed E-state index contributed by atoms with van der Waals surface area (Å²) in [6.45, 7) is 3.05. The van der Waals surface area contributed by atoms with E-state index in [4.69, 9.17) is 9.47 Å². The lowest BCUT2D eigenvalue weighted by Crippen LogP contribution is -2.42. The number of rotatable bonds is 4. The van der Waals surface area contributed by atoms with Crippen LogP contribution in [0.3, 0.4) is 0 Å². The van der Waals surface area contributed by atoms with Crippen molar-refractivity contribution in [2.24, 2.45) is 0 Å². The number of hydrogen-bond donors (Lipinski definition) is 2. The second-order valence-corrected chi connectivity index (χ2v) is 6.91. The number of nitrogens with one attached hydrogen (secondary N) is 2. The number of anilines is 2. The molecule has 2 aliphatic rings. The van der Waals surface area contributed by atoms with Gasteiger partial charge in [0.05, 0.1) is 11.4 Å². The molecule has 0 radical (unpaired) electrons. The average molecular weight is 344 g/mol. The lowest BCUT2D eigenvalue weighted by molar-refractivity contribution is -0.222. The first-order chi connectivity index (χ1) is 11.9. The van der Waals surface area contributed by atoms with Crippen LogP contribution in [0.5, 0.6) is 0 Å². The van der Waals surface area contributed by atoms with Gasteiger partial charge in [0.25, 0.3) is 5.79 Å². The van der Waals surface area contributed by atoms with Gasteiger partial charge in [0.2, 0.25) is 0 Å². The minimum atomic E-state index is -1.23. The zero-order chi connectivity index (χ0) is 17.9. The Hall–Kier alpha value is -2.50. The number of carbonyl (C=O) groups is 2. The molecule has 0 amide bonds. The Labute approximate surface area is 147 Å². The van der Waals surface area contributed by atoms with Gasteiger partial charge in [-0.25, -0.2) is 9.59 Å². The van der Waals surface area contributed by atoms with E-state index in [9.17, 15) is 9.59 Å². The minimum absolute atomic E-state index is 0.146. The normalized spacial score (nSPS) is 20.5. The largest absolute Gasteiger partial charge is 0.419 e. The number of hydrogen-bond acceptors (Lipinski definition) is 6. The number of esters is 2. The van der Waals surface area contributed by atoms with Gasteiger partial charge in [-0.15, -0.1) is 0 Å². The summed E-state index contributed by atoms with van der Waals surface area (Å²) in [5.74, 6) is -2.61. The molecule has 1 aromatic carbocycles. The summed E-state index contributed by atoms with van der Waals surface area (Å²) in [5, 5.41) is 6.58. The molecule has 0 aromatic heterocycles. The highest BCUT2D eigenvalue weighted by atomic mass is 16.7. The lowest BCUT2D eigenvalue weighted by Gasteiger charge is -2.29. The van der Waals surface area contributed by atoms with Crippen molar-refractivity contribution in [1.82, 2.24) is 0 Å². The van der Waals surface area contributed by atoms with Crippen LogP contribution in [0.25, 0.3) is 0 Å². The maximum absolute atomic E-state index is 12.0. The first-order valence-corrected chi connectivity index (χ1v) is 8.73. The Morgan fingerprint density at radius 3 is 2.24 bits per heavy atom. The molecule has 0 spiro atoms. The van der Waals surface area contributed by atoms with E-state index in [0.717, 1.165) is 24.2 Å². The second kappa shape index (κ2) is 7.17. The van der Waals surface area contributed by atoms with Gasteiger partial charge >= 0.3 is 11.9 Å². The molecular weight excluding hydrogens is 320 g/mol. The zero-order valence-electron chi connectivity index (χ0n) is 14.6. The number of carbonyl (C=O) groups excluding carboxylic acids is 2. The van der Waals surface area contributed by atoms with Crippen molar-refractivity contribution in [1.29, 1.82) is 0 Å². The monoisotopic (exact) mass is 344 g/mol. The Kier molecular flexibility index (Phi) is 4.97. The summed E-state index contributed by atoms with van der Waals surface area (Å²) in [4.78, 5) is 24.0. The summed E-state index contributed by atoms with van der Waals surface area (Å²) >= 11 is 0. The first-order valence-electron chi connectivity index (χ1n) is 8.73. The number of cyclic esters (lactones) is 2. The van der Waals surface area contributed by atoms with E-state index in [2.05, 4.69) is 10.6 Å². The van der Waals surface area contributed by atoms with Crippen molar-refractivity contribution in [3.8, 4) is 0 Å². The smallest absolute Gasteiger partial charge is 0.350 e. The Morgan fingerprint density at radius 1 is 1.00 bits per heavy atom. The molecule has 0 bridgehead atoms. The van der Waals surface area contributed by atoms with Crippen LogP contribution >= 0.6 is 0 Å². The van der Waals surface area contributed by atoms with E-state index in [1.54, 1.807) is 0 Å². The van der Waals surface area contributed by atoms with E-state index >= 15 is 0 Å². The standard InChI is InChI=1S/C19H24N2O4/c1-19(2)24-17(22)14(18(23)25-19)12-20-15-10-6-7-11-16(15)21-13-8-4-3-5-9-13/h6-7,10-13,20-21H,3-5,8-9H2,1-2H3. The predicted octanol–water partition coefficient (Wildman–Crippen LogP) is 3.56. The Morgan fingerprint density at radius 2 is 1.60 bits per heavy atom. The molecule has 2 N–H and O–H groups in total. The van der Waals surface area contributed by atoms with Crippen molar-refractivity contribution in [2.45, 2.75) is 57.8 Å². The quantitative estimate of drug-likeness (QED) is 0.494. The van der Waals surface area contributed by atoms with Crippen LogP contribution < -0.4 is 10.6 Å². The first kappa shape index (κ1) is 17.3. The molecular formula is C19H24N2O4. The van der Waals surface area contributed by atoms with E-state index in [-0.39, 0.29) is 5.57 Å². The highest BCUT2D eigenvalue weighted by Gasteiger charge is 2.38. The Bertz CT molecular complexity index is 668. The minimum Gasteiger partial charge on any atom is -0.419 e. The van der Waals surface area contributed by atoms with Crippen molar-refractivity contribution >= 4 is 23.3 Å². The molecule has 6 heteroatoms. The molecule has 0 unspecified atom stereocenters. The van der Waals surface area contributed by atoms with Crippen molar-refractivity contribution < 1.29 is 19.1 Å². The summed E-state index contributed by atoms with van der Waals surface area (Å²) < 4.78 is 10.2. The highest BCUT2D eigenvalue weighted by Crippen LogP contribution is 2.28. The predicted molar refractivity (Wildman–Crippen MR) is 94.9 cm³/mol. The fraction of sp³-hybridized carbons (Fsp3) is 0.474. The SMILES string of the molecule is CC1(C)OC(=O)C(=CNc2ccccc2NC2CCCCC2)C(=O)O1. The van der Waals surface area contributed by atoms with Gasteiger partial charge in [-0.2, -0.15) is 0 Å². The van der Waals surface area contributed by atoms with Gasteiger partial charge in [0.15, 0.2) is 5.57 Å². The number of ether oxygens (including phenoxy) is 2. The van der Waals surface area contributed by atoms with Gasteiger partial charge in [-0.3, -0.25) is 0 Å². The average Bonchev–Trinajstić information content (AvgIpc) is 2.55. The molecule has 1 heterocycles. The molecule has 25 heavy (non-hydrogen) atoms. The van der Waals surface area contributed by atoms with Crippen LogP contribution in [0, 0.1) is 0 Å². The van der Waals surface area contributed by atoms with Crippen molar-refractivity contribution in [3.63, 3.8) is 0 Å². The van der Waals surface area contributed by atoms with Crippen LogP contribution in [0.1, 0.15) is 46.0 Å². The molecule has 1 saturated heterocycles. The van der Waals surface area contributed by atoms with Gasteiger partial charge in [0.1, 0.15) is 0 Å². The number of benzene rings is 1. The van der Waals surface area contributed by atoms with E-state index in [1.807, 2.05) is 24.3 Å². The maximum atomic E-state index is 12.0. The molecule has 0 atom stereocenters. The van der Waals surface area contributed by atoms with Gasteiger partial charge in [0, 0.05) is 26.1 Å². The van der Waals surface area contributed by atoms with Gasteiger partial charge in [-0.1, -0.05) is 31.4 Å². The molecule has 1 saturated carbocycles. The van der Waals surface area contributed by atoms with E-state index in [1.165, 1.54) is 39.3 Å². The fourth-order valence-electron chi connectivity index (χ4n) is 3.13. The van der Waals surface area contributed by atoms with Gasteiger partial charge < -0.3 is 20.1 Å². The maximum Gasteiger partial charge on any atom is 0.350 e. The van der Waals surface area contributed by atoms with Crippen LogP contribution in [-0.2, 0) is 19.1 Å². The van der Waals surface area contributed by atoms with Crippen LogP contribution in [0.2, 0.25) is 0 Å². The zero-order valence-corrected chi connectivity index (χ0v) is 14.6. The highest BCUT2D eigenvalue weighted by molar-refractivity contribution is 6.15. The molecule has 1 aliphatic heterocycles. The van der Waals surface area contributed by atoms with Crippen LogP contribution in [-0.4, -0.2) is 23.8 Å². The molecule has 134 valence electrons. The Balaban J connectivity index is 1.72. The molecule has 3 rings (SSSR count). The third-order valence-corrected chi connectivity index (χ3v) is 4.38. The topological polar surface area (TPSA) is 76.7 Å². The van der Waals surface area contributed by atoms with Crippen LogP contribution in [0.4, 0.5) is 11.4 Å². The summed E-state index contributed by atoms with van der Waals surface area (Å²) in [6, 6.07) is 8.18. The third kappa shape index (κ3) is 4.32. The molecule has 2 fully saturated rings. The summed E-state index contributed by atoms with van der Waals surface area (Å²) in [7, 11) is 0. The van der Waals surface area contributed by atoms with Gasteiger partial charge in [-0.05, 0) is 25.0 Å². The molecule has 6 nitrogen and oxygen atoms in total.